The highest BCUT2D eigenvalue weighted by atomic mass is 32.2. The Balaban J connectivity index is 2.41. The van der Waals surface area contributed by atoms with E-state index in [-0.39, 0.29) is 22.8 Å². The molecule has 0 aliphatic rings. The molecule has 2 rings (SSSR count). The summed E-state index contributed by atoms with van der Waals surface area (Å²) in [6, 6.07) is 8.62. The number of methoxy groups -OCH3 is 2. The molecule has 1 N–H and O–H groups in total. The minimum Gasteiger partial charge on any atom is -0.496 e. The van der Waals surface area contributed by atoms with Crippen molar-refractivity contribution in [3.63, 3.8) is 0 Å². The fourth-order valence-corrected chi connectivity index (χ4v) is 4.76. The van der Waals surface area contributed by atoms with E-state index in [2.05, 4.69) is 18.6 Å². The molecule has 1 atom stereocenters. The highest BCUT2D eigenvalue weighted by molar-refractivity contribution is 7.89. The van der Waals surface area contributed by atoms with Gasteiger partial charge in [-0.2, -0.15) is 0 Å². The number of benzene rings is 2. The summed E-state index contributed by atoms with van der Waals surface area (Å²) in [4.78, 5) is 0.240. The lowest BCUT2D eigenvalue weighted by Gasteiger charge is -2.21. The third kappa shape index (κ3) is 5.11. The average molecular weight is 420 g/mol. The Bertz CT molecular complexity index is 965. The number of nitrogens with one attached hydrogen (secondary N) is 1. The molecule has 2 aromatic carbocycles. The van der Waals surface area contributed by atoms with Crippen LogP contribution in [0.25, 0.3) is 0 Å². The maximum absolute atomic E-state index is 13.1. The molecule has 0 saturated carbocycles. The van der Waals surface area contributed by atoms with Gasteiger partial charge in [0.15, 0.2) is 0 Å². The molecule has 0 fully saturated rings. The van der Waals surface area contributed by atoms with Crippen LogP contribution in [0.2, 0.25) is 0 Å². The van der Waals surface area contributed by atoms with Gasteiger partial charge in [-0.3, -0.25) is 0 Å². The lowest BCUT2D eigenvalue weighted by molar-refractivity contribution is 0.406. The molecular weight excluding hydrogens is 386 g/mol. The van der Waals surface area contributed by atoms with Gasteiger partial charge >= 0.3 is 0 Å². The molecule has 6 heteroatoms. The fraction of sp³-hybridized carbons (Fsp3) is 0.478. The Labute approximate surface area is 175 Å². The van der Waals surface area contributed by atoms with Crippen LogP contribution >= 0.6 is 0 Å². The molecule has 5 nitrogen and oxygen atoms in total. The van der Waals surface area contributed by atoms with Crippen molar-refractivity contribution in [2.24, 2.45) is 0 Å². The zero-order valence-corrected chi connectivity index (χ0v) is 19.5. The van der Waals surface area contributed by atoms with Crippen molar-refractivity contribution in [1.29, 1.82) is 0 Å². The van der Waals surface area contributed by atoms with Crippen LogP contribution in [0.1, 0.15) is 74.8 Å². The van der Waals surface area contributed by atoms with Crippen LogP contribution in [-0.4, -0.2) is 22.6 Å². The van der Waals surface area contributed by atoms with E-state index in [0.717, 1.165) is 28.0 Å². The summed E-state index contributed by atoms with van der Waals surface area (Å²) in [5, 5.41) is 0. The number of rotatable bonds is 8. The zero-order valence-electron chi connectivity index (χ0n) is 18.7. The first-order chi connectivity index (χ1) is 13.5. The summed E-state index contributed by atoms with van der Waals surface area (Å²) in [7, 11) is -0.444. The predicted molar refractivity (Wildman–Crippen MR) is 118 cm³/mol. The van der Waals surface area contributed by atoms with E-state index >= 15 is 0 Å². The maximum Gasteiger partial charge on any atom is 0.241 e. The molecule has 0 radical (unpaired) electrons. The van der Waals surface area contributed by atoms with E-state index in [9.17, 15) is 8.42 Å². The molecule has 0 aliphatic heterocycles. The van der Waals surface area contributed by atoms with Crippen LogP contribution in [0.5, 0.6) is 11.5 Å². The summed E-state index contributed by atoms with van der Waals surface area (Å²) in [5.74, 6) is 1.94. The van der Waals surface area contributed by atoms with Crippen LogP contribution < -0.4 is 14.2 Å². The average Bonchev–Trinajstić information content (AvgIpc) is 2.66. The van der Waals surface area contributed by atoms with Crippen LogP contribution in [-0.2, 0) is 10.0 Å². The van der Waals surface area contributed by atoms with E-state index in [0.29, 0.717) is 5.75 Å². The summed E-state index contributed by atoms with van der Waals surface area (Å²) in [6.45, 7) is 12.0. The van der Waals surface area contributed by atoms with Crippen LogP contribution in [0.15, 0.2) is 35.2 Å². The number of sulfonamides is 1. The summed E-state index contributed by atoms with van der Waals surface area (Å²) < 4.78 is 39.8. The molecule has 0 unspecified atom stereocenters. The second kappa shape index (κ2) is 9.18. The standard InChI is InChI=1S/C23H33NO4S/c1-14(2)19-12-18(9-10-22(19)27-7)29(25,26)24-17(6)21-13-20(15(3)4)23(28-8)11-16(21)5/h9-15,17,24H,1-8H3/t17-/m0/s1. The first-order valence-electron chi connectivity index (χ1n) is 9.90. The molecule has 0 spiro atoms. The monoisotopic (exact) mass is 419 g/mol. The third-order valence-corrected chi connectivity index (χ3v) is 6.71. The molecule has 0 aromatic heterocycles. The van der Waals surface area contributed by atoms with E-state index in [1.165, 1.54) is 0 Å². The van der Waals surface area contributed by atoms with E-state index in [1.807, 2.05) is 39.8 Å². The number of hydrogen-bond acceptors (Lipinski definition) is 4. The highest BCUT2D eigenvalue weighted by Crippen LogP contribution is 2.33. The van der Waals surface area contributed by atoms with Gasteiger partial charge in [0, 0.05) is 6.04 Å². The van der Waals surface area contributed by atoms with E-state index < -0.39 is 10.0 Å². The smallest absolute Gasteiger partial charge is 0.241 e. The minimum absolute atomic E-state index is 0.148. The van der Waals surface area contributed by atoms with Crippen LogP contribution in [0, 0.1) is 6.92 Å². The Morgan fingerprint density at radius 3 is 1.86 bits per heavy atom. The Morgan fingerprint density at radius 1 is 0.793 bits per heavy atom. The van der Waals surface area contributed by atoms with Gasteiger partial charge in [-0.25, -0.2) is 13.1 Å². The van der Waals surface area contributed by atoms with Gasteiger partial charge in [-0.15, -0.1) is 0 Å². The van der Waals surface area contributed by atoms with Gasteiger partial charge in [0.2, 0.25) is 10.0 Å². The van der Waals surface area contributed by atoms with Gasteiger partial charge in [0.05, 0.1) is 19.1 Å². The van der Waals surface area contributed by atoms with Crippen molar-refractivity contribution in [3.8, 4) is 11.5 Å². The maximum atomic E-state index is 13.1. The molecule has 0 amide bonds. The third-order valence-electron chi connectivity index (χ3n) is 5.17. The normalized spacial score (nSPS) is 13.0. The lowest BCUT2D eigenvalue weighted by atomic mass is 9.94. The summed E-state index contributed by atoms with van der Waals surface area (Å²) in [5.41, 5.74) is 3.85. The molecule has 29 heavy (non-hydrogen) atoms. The second-order valence-electron chi connectivity index (χ2n) is 8.01. The van der Waals surface area contributed by atoms with Gasteiger partial charge in [0.25, 0.3) is 0 Å². The Kier molecular flexibility index (Phi) is 7.35. The summed E-state index contributed by atoms with van der Waals surface area (Å²) >= 11 is 0. The molecule has 160 valence electrons. The highest BCUT2D eigenvalue weighted by Gasteiger charge is 2.23. The van der Waals surface area contributed by atoms with Gasteiger partial charge in [-0.1, -0.05) is 27.7 Å². The van der Waals surface area contributed by atoms with Crippen molar-refractivity contribution in [2.45, 2.75) is 64.3 Å². The van der Waals surface area contributed by atoms with Crippen molar-refractivity contribution in [3.05, 3.63) is 52.6 Å². The minimum atomic E-state index is -3.69. The van der Waals surface area contributed by atoms with Crippen LogP contribution in [0.4, 0.5) is 0 Å². The Morgan fingerprint density at radius 2 is 1.34 bits per heavy atom. The number of ether oxygens (including phenoxy) is 2. The van der Waals surface area contributed by atoms with Crippen LogP contribution in [0.3, 0.4) is 0 Å². The van der Waals surface area contributed by atoms with Crippen molar-refractivity contribution < 1.29 is 17.9 Å². The van der Waals surface area contributed by atoms with Gasteiger partial charge < -0.3 is 9.47 Å². The molecule has 2 aromatic rings. The molecule has 0 bridgehead atoms. The molecule has 0 aliphatic carbocycles. The topological polar surface area (TPSA) is 64.6 Å². The molecule has 0 saturated heterocycles. The number of aryl methyl sites for hydroxylation is 1. The van der Waals surface area contributed by atoms with Gasteiger partial charge in [0.1, 0.15) is 11.5 Å². The molecular formula is C23H33NO4S. The predicted octanol–water partition coefficient (Wildman–Crippen LogP) is 5.30. The van der Waals surface area contributed by atoms with E-state index in [4.69, 9.17) is 9.47 Å². The fourth-order valence-electron chi connectivity index (χ4n) is 3.51. The zero-order chi connectivity index (χ0) is 21.9. The SMILES string of the molecule is COc1ccc(S(=O)(=O)N[C@@H](C)c2cc(C(C)C)c(OC)cc2C)cc1C(C)C. The summed E-state index contributed by atoms with van der Waals surface area (Å²) in [6.07, 6.45) is 0. The quantitative estimate of drug-likeness (QED) is 0.631. The van der Waals surface area contributed by atoms with Crippen molar-refractivity contribution in [2.75, 3.05) is 14.2 Å². The number of hydrogen-bond donors (Lipinski definition) is 1. The second-order valence-corrected chi connectivity index (χ2v) is 9.72. The van der Waals surface area contributed by atoms with Crippen molar-refractivity contribution in [1.82, 2.24) is 4.72 Å². The first kappa shape index (κ1) is 23.2. The largest absolute Gasteiger partial charge is 0.496 e. The first-order valence-corrected chi connectivity index (χ1v) is 11.4. The van der Waals surface area contributed by atoms with E-state index in [1.54, 1.807) is 32.4 Å². The Hall–Kier alpha value is -2.05. The lowest BCUT2D eigenvalue weighted by Crippen LogP contribution is -2.27. The molecule has 0 heterocycles. The van der Waals surface area contributed by atoms with Gasteiger partial charge in [-0.05, 0) is 78.3 Å². The van der Waals surface area contributed by atoms with Crippen molar-refractivity contribution >= 4 is 10.0 Å².